The van der Waals surface area contributed by atoms with E-state index in [9.17, 15) is 0 Å². The second-order valence-electron chi connectivity index (χ2n) is 5.66. The SMILES string of the molecule is Cc1cc(C)c(NCCC2CCCCC2)c(Br)c1. The summed E-state index contributed by atoms with van der Waals surface area (Å²) < 4.78 is 1.20. The van der Waals surface area contributed by atoms with Gasteiger partial charge in [0.2, 0.25) is 0 Å². The zero-order valence-corrected chi connectivity index (χ0v) is 13.1. The molecule has 2 heteroatoms. The number of hydrogen-bond donors (Lipinski definition) is 1. The van der Waals surface area contributed by atoms with Gasteiger partial charge >= 0.3 is 0 Å². The molecule has 1 N–H and O–H groups in total. The maximum Gasteiger partial charge on any atom is 0.0514 e. The molecule has 0 amide bonds. The maximum absolute atomic E-state index is 3.66. The van der Waals surface area contributed by atoms with Gasteiger partial charge in [0.15, 0.2) is 0 Å². The molecular formula is C16H24BrN. The van der Waals surface area contributed by atoms with E-state index in [1.54, 1.807) is 0 Å². The van der Waals surface area contributed by atoms with Crippen LogP contribution in [0.15, 0.2) is 16.6 Å². The minimum atomic E-state index is 0.954. The zero-order chi connectivity index (χ0) is 13.0. The molecule has 0 unspecified atom stereocenters. The Balaban J connectivity index is 1.86. The number of hydrogen-bond acceptors (Lipinski definition) is 1. The monoisotopic (exact) mass is 309 g/mol. The van der Waals surface area contributed by atoms with Crippen molar-refractivity contribution >= 4 is 21.6 Å². The van der Waals surface area contributed by atoms with Crippen LogP contribution in [0.25, 0.3) is 0 Å². The molecule has 1 aromatic rings. The smallest absolute Gasteiger partial charge is 0.0514 e. The summed E-state index contributed by atoms with van der Waals surface area (Å²) in [6, 6.07) is 4.43. The average Bonchev–Trinajstić information content (AvgIpc) is 2.34. The summed E-state index contributed by atoms with van der Waals surface area (Å²) >= 11 is 3.66. The van der Waals surface area contributed by atoms with Crippen molar-refractivity contribution in [2.45, 2.75) is 52.4 Å². The zero-order valence-electron chi connectivity index (χ0n) is 11.6. The molecule has 0 bridgehead atoms. The van der Waals surface area contributed by atoms with Crippen molar-refractivity contribution in [3.8, 4) is 0 Å². The van der Waals surface area contributed by atoms with E-state index < -0.39 is 0 Å². The van der Waals surface area contributed by atoms with E-state index in [1.165, 1.54) is 59.8 Å². The molecule has 1 fully saturated rings. The molecule has 1 aliphatic carbocycles. The molecule has 1 aliphatic rings. The first-order valence-corrected chi connectivity index (χ1v) is 7.96. The Morgan fingerprint density at radius 1 is 1.17 bits per heavy atom. The van der Waals surface area contributed by atoms with Crippen LogP contribution in [0.5, 0.6) is 0 Å². The minimum Gasteiger partial charge on any atom is -0.384 e. The van der Waals surface area contributed by atoms with Crippen LogP contribution in [0.2, 0.25) is 0 Å². The Hall–Kier alpha value is -0.500. The lowest BCUT2D eigenvalue weighted by molar-refractivity contribution is 0.345. The van der Waals surface area contributed by atoms with Gasteiger partial charge in [0, 0.05) is 11.0 Å². The Morgan fingerprint density at radius 2 is 1.89 bits per heavy atom. The van der Waals surface area contributed by atoms with Gasteiger partial charge in [0.05, 0.1) is 5.69 Å². The van der Waals surface area contributed by atoms with E-state index >= 15 is 0 Å². The van der Waals surface area contributed by atoms with E-state index in [2.05, 4.69) is 47.2 Å². The van der Waals surface area contributed by atoms with Crippen molar-refractivity contribution in [3.63, 3.8) is 0 Å². The van der Waals surface area contributed by atoms with Gasteiger partial charge in [-0.25, -0.2) is 0 Å². The summed E-state index contributed by atoms with van der Waals surface area (Å²) in [5.41, 5.74) is 3.93. The van der Waals surface area contributed by atoms with Gasteiger partial charge in [-0.1, -0.05) is 38.2 Å². The summed E-state index contributed by atoms with van der Waals surface area (Å²) in [5, 5.41) is 3.61. The summed E-state index contributed by atoms with van der Waals surface area (Å²) in [5.74, 6) is 0.954. The van der Waals surface area contributed by atoms with Crippen LogP contribution in [0.1, 0.15) is 49.7 Å². The van der Waals surface area contributed by atoms with Crippen molar-refractivity contribution < 1.29 is 0 Å². The van der Waals surface area contributed by atoms with Crippen molar-refractivity contribution in [1.29, 1.82) is 0 Å². The quantitative estimate of drug-likeness (QED) is 0.780. The predicted octanol–water partition coefficient (Wildman–Crippen LogP) is 5.45. The van der Waals surface area contributed by atoms with Gasteiger partial charge in [-0.3, -0.25) is 0 Å². The Kier molecular flexibility index (Phi) is 5.11. The third-order valence-electron chi connectivity index (χ3n) is 4.01. The van der Waals surface area contributed by atoms with Crippen molar-refractivity contribution in [1.82, 2.24) is 0 Å². The normalized spacial score (nSPS) is 16.8. The van der Waals surface area contributed by atoms with Crippen LogP contribution in [0.4, 0.5) is 5.69 Å². The van der Waals surface area contributed by atoms with Gasteiger partial charge in [-0.05, 0) is 59.3 Å². The van der Waals surface area contributed by atoms with Crippen molar-refractivity contribution in [3.05, 3.63) is 27.7 Å². The molecule has 0 aliphatic heterocycles. The second-order valence-corrected chi connectivity index (χ2v) is 6.51. The summed E-state index contributed by atoms with van der Waals surface area (Å²) in [6.07, 6.45) is 8.54. The molecule has 0 spiro atoms. The van der Waals surface area contributed by atoms with Crippen LogP contribution in [0.3, 0.4) is 0 Å². The van der Waals surface area contributed by atoms with E-state index in [4.69, 9.17) is 0 Å². The minimum absolute atomic E-state index is 0.954. The molecule has 0 atom stereocenters. The molecule has 0 heterocycles. The van der Waals surface area contributed by atoms with E-state index in [-0.39, 0.29) is 0 Å². The molecular weight excluding hydrogens is 286 g/mol. The van der Waals surface area contributed by atoms with Crippen LogP contribution in [-0.2, 0) is 0 Å². The van der Waals surface area contributed by atoms with Gasteiger partial charge in [0.25, 0.3) is 0 Å². The lowest BCUT2D eigenvalue weighted by atomic mass is 9.87. The predicted molar refractivity (Wildman–Crippen MR) is 83.3 cm³/mol. The standard InChI is InChI=1S/C16H24BrN/c1-12-10-13(2)16(15(17)11-12)18-9-8-14-6-4-3-5-7-14/h10-11,14,18H,3-9H2,1-2H3. The summed E-state index contributed by atoms with van der Waals surface area (Å²) in [7, 11) is 0. The Bertz CT molecular complexity index is 371. The Labute approximate surface area is 119 Å². The number of anilines is 1. The summed E-state index contributed by atoms with van der Waals surface area (Å²) in [4.78, 5) is 0. The molecule has 100 valence electrons. The topological polar surface area (TPSA) is 12.0 Å². The van der Waals surface area contributed by atoms with Crippen LogP contribution in [-0.4, -0.2) is 6.54 Å². The highest BCUT2D eigenvalue weighted by Crippen LogP contribution is 2.29. The lowest BCUT2D eigenvalue weighted by Gasteiger charge is -2.22. The van der Waals surface area contributed by atoms with Crippen LogP contribution < -0.4 is 5.32 Å². The van der Waals surface area contributed by atoms with Crippen molar-refractivity contribution in [2.24, 2.45) is 5.92 Å². The molecule has 1 aromatic carbocycles. The van der Waals surface area contributed by atoms with Gasteiger partial charge in [-0.15, -0.1) is 0 Å². The van der Waals surface area contributed by atoms with E-state index in [0.29, 0.717) is 0 Å². The first kappa shape index (κ1) is 13.9. The third-order valence-corrected chi connectivity index (χ3v) is 4.64. The highest BCUT2D eigenvalue weighted by molar-refractivity contribution is 9.10. The van der Waals surface area contributed by atoms with E-state index in [0.717, 1.165) is 12.5 Å². The van der Waals surface area contributed by atoms with Gasteiger partial charge in [-0.2, -0.15) is 0 Å². The third kappa shape index (κ3) is 3.74. The number of aryl methyl sites for hydroxylation is 2. The highest BCUT2D eigenvalue weighted by atomic mass is 79.9. The highest BCUT2D eigenvalue weighted by Gasteiger charge is 2.13. The fourth-order valence-electron chi connectivity index (χ4n) is 3.02. The van der Waals surface area contributed by atoms with Crippen molar-refractivity contribution in [2.75, 3.05) is 11.9 Å². The van der Waals surface area contributed by atoms with Gasteiger partial charge in [0.1, 0.15) is 0 Å². The van der Waals surface area contributed by atoms with E-state index in [1.807, 2.05) is 0 Å². The first-order valence-electron chi connectivity index (χ1n) is 7.17. The maximum atomic E-state index is 3.66. The number of nitrogens with one attached hydrogen (secondary N) is 1. The largest absolute Gasteiger partial charge is 0.384 e. The molecule has 18 heavy (non-hydrogen) atoms. The number of benzene rings is 1. The fourth-order valence-corrected chi connectivity index (χ4v) is 3.83. The number of rotatable bonds is 4. The molecule has 0 saturated heterocycles. The Morgan fingerprint density at radius 3 is 2.56 bits per heavy atom. The molecule has 0 radical (unpaired) electrons. The van der Waals surface area contributed by atoms with Gasteiger partial charge < -0.3 is 5.32 Å². The molecule has 1 saturated carbocycles. The lowest BCUT2D eigenvalue weighted by Crippen LogP contribution is -2.12. The van der Waals surface area contributed by atoms with Crippen LogP contribution in [0, 0.1) is 19.8 Å². The average molecular weight is 310 g/mol. The number of halogens is 1. The molecule has 2 rings (SSSR count). The second kappa shape index (κ2) is 6.60. The fraction of sp³-hybridized carbons (Fsp3) is 0.625. The molecule has 0 aromatic heterocycles. The first-order chi connectivity index (χ1) is 8.66. The molecule has 1 nitrogen and oxygen atoms in total. The van der Waals surface area contributed by atoms with Crippen LogP contribution >= 0.6 is 15.9 Å². The summed E-state index contributed by atoms with van der Waals surface area (Å²) in [6.45, 7) is 5.43.